The predicted octanol–water partition coefficient (Wildman–Crippen LogP) is 5.51. The second-order valence-electron chi connectivity index (χ2n) is 8.12. The third-order valence-electron chi connectivity index (χ3n) is 5.90. The van der Waals surface area contributed by atoms with E-state index < -0.39 is 23.9 Å². The summed E-state index contributed by atoms with van der Waals surface area (Å²) in [6.07, 6.45) is -3.05. The molecular weight excluding hydrogens is 461 g/mol. The Kier molecular flexibility index (Phi) is 5.94. The van der Waals surface area contributed by atoms with Crippen LogP contribution in [0.25, 0.3) is 5.70 Å². The average molecular weight is 484 g/mol. The molecule has 5 rings (SSSR count). The standard InChI is InChI=1S/C26H23F3N2O4/c1-2-33-22-5-3-4-18(24(22)32)20-13-19(16-8-11-21-23(12-16)35-14-34-21)30-25(31-20)15-6-9-17(10-7-15)26(27,28)29/h3-13,20,25,30-32H,2,14H2,1H3. The Balaban J connectivity index is 1.54. The number of hydrogen-bond donors (Lipinski definition) is 3. The zero-order chi connectivity index (χ0) is 24.6. The number of rotatable bonds is 5. The summed E-state index contributed by atoms with van der Waals surface area (Å²) in [4.78, 5) is 0. The molecule has 2 unspecified atom stereocenters. The van der Waals surface area contributed by atoms with Crippen LogP contribution in [0.15, 0.2) is 66.7 Å². The minimum absolute atomic E-state index is 0.00112. The number of benzene rings is 3. The van der Waals surface area contributed by atoms with Crippen molar-refractivity contribution in [2.24, 2.45) is 0 Å². The van der Waals surface area contributed by atoms with Gasteiger partial charge in [-0.15, -0.1) is 0 Å². The SMILES string of the molecule is CCOc1cccc(C2C=C(c3ccc4c(c3)OCO4)NC(c3ccc(C(F)(F)F)cc3)N2)c1O. The van der Waals surface area contributed by atoms with E-state index in [1.54, 1.807) is 24.3 Å². The highest BCUT2D eigenvalue weighted by molar-refractivity contribution is 5.69. The first-order valence-electron chi connectivity index (χ1n) is 11.1. The molecule has 2 aliphatic rings. The second kappa shape index (κ2) is 9.07. The molecular formula is C26H23F3N2O4. The first kappa shape index (κ1) is 22.9. The first-order valence-corrected chi connectivity index (χ1v) is 11.1. The molecule has 2 heterocycles. The van der Waals surface area contributed by atoms with Gasteiger partial charge in [0.2, 0.25) is 6.79 Å². The zero-order valence-electron chi connectivity index (χ0n) is 18.7. The van der Waals surface area contributed by atoms with Gasteiger partial charge in [-0.1, -0.05) is 24.3 Å². The number of alkyl halides is 3. The molecule has 35 heavy (non-hydrogen) atoms. The molecule has 3 N–H and O–H groups in total. The Morgan fingerprint density at radius 1 is 1.03 bits per heavy atom. The summed E-state index contributed by atoms with van der Waals surface area (Å²) in [7, 11) is 0. The maximum Gasteiger partial charge on any atom is 0.416 e. The lowest BCUT2D eigenvalue weighted by molar-refractivity contribution is -0.137. The predicted molar refractivity (Wildman–Crippen MR) is 123 cm³/mol. The number of aromatic hydroxyl groups is 1. The van der Waals surface area contributed by atoms with E-state index in [9.17, 15) is 18.3 Å². The molecule has 0 radical (unpaired) electrons. The minimum Gasteiger partial charge on any atom is -0.504 e. The molecule has 182 valence electrons. The molecule has 0 aromatic heterocycles. The molecule has 3 aromatic rings. The van der Waals surface area contributed by atoms with Crippen LogP contribution < -0.4 is 24.8 Å². The molecule has 6 nitrogen and oxygen atoms in total. The van der Waals surface area contributed by atoms with Crippen molar-refractivity contribution in [3.8, 4) is 23.0 Å². The van der Waals surface area contributed by atoms with Gasteiger partial charge in [0, 0.05) is 16.8 Å². The molecule has 0 saturated heterocycles. The van der Waals surface area contributed by atoms with Crippen molar-refractivity contribution in [1.29, 1.82) is 0 Å². The fourth-order valence-electron chi connectivity index (χ4n) is 4.17. The minimum atomic E-state index is -4.42. The van der Waals surface area contributed by atoms with E-state index in [4.69, 9.17) is 14.2 Å². The lowest BCUT2D eigenvalue weighted by atomic mass is 9.97. The molecule has 0 fully saturated rings. The van der Waals surface area contributed by atoms with Gasteiger partial charge in [0.05, 0.1) is 18.2 Å². The van der Waals surface area contributed by atoms with Gasteiger partial charge < -0.3 is 24.6 Å². The summed E-state index contributed by atoms with van der Waals surface area (Å²) < 4.78 is 55.7. The van der Waals surface area contributed by atoms with Gasteiger partial charge in [-0.25, -0.2) is 0 Å². The Hall–Kier alpha value is -3.85. The number of halogens is 3. The molecule has 0 saturated carbocycles. The smallest absolute Gasteiger partial charge is 0.416 e. The summed E-state index contributed by atoms with van der Waals surface area (Å²) >= 11 is 0. The van der Waals surface area contributed by atoms with Gasteiger partial charge in [-0.2, -0.15) is 13.2 Å². The normalized spacial score (nSPS) is 19.1. The summed E-state index contributed by atoms with van der Waals surface area (Å²) in [6, 6.07) is 15.3. The van der Waals surface area contributed by atoms with Crippen LogP contribution in [0.1, 0.15) is 41.4 Å². The quantitative estimate of drug-likeness (QED) is 0.444. The van der Waals surface area contributed by atoms with Gasteiger partial charge in [-0.05, 0) is 55.0 Å². The van der Waals surface area contributed by atoms with Crippen molar-refractivity contribution in [2.75, 3.05) is 13.4 Å². The Morgan fingerprint density at radius 3 is 2.54 bits per heavy atom. The van der Waals surface area contributed by atoms with Gasteiger partial charge in [0.1, 0.15) is 6.17 Å². The van der Waals surface area contributed by atoms with E-state index in [0.717, 1.165) is 23.4 Å². The summed E-state index contributed by atoms with van der Waals surface area (Å²) in [5.74, 6) is 1.60. The van der Waals surface area contributed by atoms with Crippen LogP contribution in [0.5, 0.6) is 23.0 Å². The van der Waals surface area contributed by atoms with Crippen LogP contribution in [0.3, 0.4) is 0 Å². The number of fused-ring (bicyclic) bond motifs is 1. The lowest BCUT2D eigenvalue weighted by Gasteiger charge is -2.33. The molecule has 9 heteroatoms. The Bertz CT molecular complexity index is 1260. The van der Waals surface area contributed by atoms with E-state index in [1.807, 2.05) is 25.1 Å². The maximum atomic E-state index is 13.1. The second-order valence-corrected chi connectivity index (χ2v) is 8.12. The molecule has 0 bridgehead atoms. The fourth-order valence-corrected chi connectivity index (χ4v) is 4.17. The number of nitrogens with one attached hydrogen (secondary N) is 2. The molecule has 3 aromatic carbocycles. The highest BCUT2D eigenvalue weighted by Crippen LogP contribution is 2.40. The van der Waals surface area contributed by atoms with Crippen LogP contribution >= 0.6 is 0 Å². The van der Waals surface area contributed by atoms with Crippen molar-refractivity contribution >= 4 is 5.70 Å². The topological polar surface area (TPSA) is 72.0 Å². The molecule has 0 aliphatic carbocycles. The van der Waals surface area contributed by atoms with Gasteiger partial charge in [0.15, 0.2) is 23.0 Å². The third-order valence-corrected chi connectivity index (χ3v) is 5.90. The molecule has 2 atom stereocenters. The van der Waals surface area contributed by atoms with E-state index in [-0.39, 0.29) is 12.5 Å². The van der Waals surface area contributed by atoms with Crippen molar-refractivity contribution in [3.63, 3.8) is 0 Å². The van der Waals surface area contributed by atoms with Crippen LogP contribution in [0.4, 0.5) is 13.2 Å². The number of phenolic OH excluding ortho intramolecular Hbond substituents is 1. The van der Waals surface area contributed by atoms with Crippen molar-refractivity contribution < 1.29 is 32.5 Å². The maximum absolute atomic E-state index is 13.1. The Labute approximate surface area is 199 Å². The van der Waals surface area contributed by atoms with E-state index in [0.29, 0.717) is 35.0 Å². The number of hydrogen-bond acceptors (Lipinski definition) is 6. The van der Waals surface area contributed by atoms with Crippen LogP contribution in [-0.4, -0.2) is 18.5 Å². The van der Waals surface area contributed by atoms with Crippen LogP contribution in [0.2, 0.25) is 0 Å². The number of para-hydroxylation sites is 1. The highest BCUT2D eigenvalue weighted by atomic mass is 19.4. The molecule has 2 aliphatic heterocycles. The highest BCUT2D eigenvalue weighted by Gasteiger charge is 2.31. The number of ether oxygens (including phenoxy) is 3. The lowest BCUT2D eigenvalue weighted by Crippen LogP contribution is -2.39. The van der Waals surface area contributed by atoms with Crippen molar-refractivity contribution in [2.45, 2.75) is 25.3 Å². The fraction of sp³-hybridized carbons (Fsp3) is 0.231. The largest absolute Gasteiger partial charge is 0.504 e. The Morgan fingerprint density at radius 2 is 1.80 bits per heavy atom. The summed E-state index contributed by atoms with van der Waals surface area (Å²) in [5, 5.41) is 17.6. The van der Waals surface area contributed by atoms with E-state index in [1.165, 1.54) is 12.1 Å². The number of phenols is 1. The van der Waals surface area contributed by atoms with E-state index in [2.05, 4.69) is 10.6 Å². The molecule has 0 spiro atoms. The summed E-state index contributed by atoms with van der Waals surface area (Å²) in [6.45, 7) is 2.36. The first-order chi connectivity index (χ1) is 16.8. The van der Waals surface area contributed by atoms with Gasteiger partial charge in [0.25, 0.3) is 0 Å². The monoisotopic (exact) mass is 484 g/mol. The van der Waals surface area contributed by atoms with Crippen LogP contribution in [-0.2, 0) is 6.18 Å². The zero-order valence-corrected chi connectivity index (χ0v) is 18.7. The van der Waals surface area contributed by atoms with Gasteiger partial charge in [-0.3, -0.25) is 5.32 Å². The summed E-state index contributed by atoms with van der Waals surface area (Å²) in [5.41, 5.74) is 1.99. The van der Waals surface area contributed by atoms with Crippen molar-refractivity contribution in [3.05, 3.63) is 89.0 Å². The molecule has 0 amide bonds. The van der Waals surface area contributed by atoms with Gasteiger partial charge >= 0.3 is 6.18 Å². The van der Waals surface area contributed by atoms with Crippen molar-refractivity contribution in [1.82, 2.24) is 10.6 Å². The van der Waals surface area contributed by atoms with E-state index >= 15 is 0 Å². The van der Waals surface area contributed by atoms with Crippen LogP contribution in [0, 0.1) is 0 Å². The average Bonchev–Trinajstić information content (AvgIpc) is 3.33. The third kappa shape index (κ3) is 4.59.